The fourth-order valence-corrected chi connectivity index (χ4v) is 4.73. The minimum Gasteiger partial charge on any atom is -0.505 e. The Balaban J connectivity index is 2.01. The van der Waals surface area contributed by atoms with E-state index in [9.17, 15) is 31.0 Å². The van der Waals surface area contributed by atoms with E-state index in [4.69, 9.17) is 17.2 Å². The molecular weight excluding hydrogens is 538 g/mol. The van der Waals surface area contributed by atoms with Gasteiger partial charge < -0.3 is 22.3 Å². The largest absolute Gasteiger partial charge is 0.505 e. The molecule has 4 aromatic rings. The van der Waals surface area contributed by atoms with Gasteiger partial charge in [-0.25, -0.2) is 0 Å². The molecule has 0 unspecified atom stereocenters. The highest BCUT2D eigenvalue weighted by Gasteiger charge is 2.28. The molecule has 14 nitrogen and oxygen atoms in total. The standard InChI is InChI=1S/C22H19N7O7S2/c23-12-1-5-14(6-2-12)26-28-20-16(37(31,32)33)9-11-10-17(38(34,35)36)21(22(30)18(11)19(20)25)29-27-15-7-3-13(24)4-8-15/h1-10,30H,23-25H2,(H,31,32,33)(H,34,35,36)/b28-26+,29-27+. The van der Waals surface area contributed by atoms with Crippen LogP contribution < -0.4 is 17.2 Å². The van der Waals surface area contributed by atoms with Crippen LogP contribution in [0.2, 0.25) is 0 Å². The lowest BCUT2D eigenvalue weighted by Gasteiger charge is -2.14. The van der Waals surface area contributed by atoms with Crippen molar-refractivity contribution in [1.82, 2.24) is 0 Å². The average Bonchev–Trinajstić information content (AvgIpc) is 2.83. The highest BCUT2D eigenvalue weighted by molar-refractivity contribution is 7.86. The lowest BCUT2D eigenvalue weighted by molar-refractivity contribution is 0.472. The molecule has 16 heteroatoms. The van der Waals surface area contributed by atoms with Crippen LogP contribution in [0.25, 0.3) is 10.8 Å². The Morgan fingerprint density at radius 2 is 1.00 bits per heavy atom. The molecule has 196 valence electrons. The molecule has 0 atom stereocenters. The van der Waals surface area contributed by atoms with E-state index >= 15 is 0 Å². The molecule has 0 fully saturated rings. The minimum atomic E-state index is -5.02. The number of nitrogen functional groups attached to an aromatic ring is 3. The number of azo groups is 2. The van der Waals surface area contributed by atoms with E-state index in [0.717, 1.165) is 12.1 Å². The van der Waals surface area contributed by atoms with Crippen molar-refractivity contribution in [2.75, 3.05) is 17.2 Å². The van der Waals surface area contributed by atoms with Gasteiger partial charge in [0.1, 0.15) is 21.2 Å². The van der Waals surface area contributed by atoms with E-state index in [-0.39, 0.29) is 22.1 Å². The Hall–Kier alpha value is -4.64. The SMILES string of the molecule is Nc1ccc(/N=N/c2c(S(=O)(=O)O)cc3cc(S(=O)(=O)O)c(/N=N/c4ccc(N)cc4)c(O)c3c2N)cc1. The predicted molar refractivity (Wildman–Crippen MR) is 140 cm³/mol. The molecule has 0 heterocycles. The molecule has 4 aromatic carbocycles. The highest BCUT2D eigenvalue weighted by atomic mass is 32.2. The summed E-state index contributed by atoms with van der Waals surface area (Å²) in [5, 5.41) is 25.8. The van der Waals surface area contributed by atoms with E-state index in [1.54, 1.807) is 0 Å². The lowest BCUT2D eigenvalue weighted by atomic mass is 10.1. The monoisotopic (exact) mass is 557 g/mol. The van der Waals surface area contributed by atoms with Crippen LogP contribution in [0.5, 0.6) is 5.75 Å². The summed E-state index contributed by atoms with van der Waals surface area (Å²) < 4.78 is 68.0. The van der Waals surface area contributed by atoms with Gasteiger partial charge in [0, 0.05) is 11.4 Å². The molecule has 0 aliphatic carbocycles. The predicted octanol–water partition coefficient (Wildman–Crippen LogP) is 4.62. The van der Waals surface area contributed by atoms with Gasteiger partial charge in [0.15, 0.2) is 5.75 Å². The molecule has 9 N–H and O–H groups in total. The van der Waals surface area contributed by atoms with Crippen LogP contribution in [0.15, 0.2) is 90.9 Å². The summed E-state index contributed by atoms with van der Waals surface area (Å²) in [5.74, 6) is -0.863. The molecule has 0 amide bonds. The summed E-state index contributed by atoms with van der Waals surface area (Å²) >= 11 is 0. The van der Waals surface area contributed by atoms with Crippen molar-refractivity contribution in [3.63, 3.8) is 0 Å². The Morgan fingerprint density at radius 3 is 1.42 bits per heavy atom. The Labute approximate surface area is 215 Å². The smallest absolute Gasteiger partial charge is 0.296 e. The Bertz CT molecular complexity index is 1710. The zero-order valence-corrected chi connectivity index (χ0v) is 20.7. The number of phenolic OH excluding ortho intramolecular Hbond substituents is 1. The van der Waals surface area contributed by atoms with Crippen molar-refractivity contribution >= 4 is 70.8 Å². The van der Waals surface area contributed by atoms with Gasteiger partial charge in [-0.05, 0) is 66.0 Å². The van der Waals surface area contributed by atoms with Crippen LogP contribution in [-0.4, -0.2) is 31.0 Å². The summed E-state index contributed by atoms with van der Waals surface area (Å²) in [6, 6.07) is 13.6. The van der Waals surface area contributed by atoms with Crippen LogP contribution in [0.3, 0.4) is 0 Å². The quantitative estimate of drug-likeness (QED) is 0.109. The molecule has 0 aliphatic rings. The number of benzene rings is 4. The Kier molecular flexibility index (Phi) is 6.73. The molecule has 0 saturated carbocycles. The second-order valence-electron chi connectivity index (χ2n) is 7.84. The molecule has 0 bridgehead atoms. The lowest BCUT2D eigenvalue weighted by Crippen LogP contribution is -2.03. The molecule has 0 aromatic heterocycles. The van der Waals surface area contributed by atoms with E-state index in [1.165, 1.54) is 48.5 Å². The molecular formula is C22H19N7O7S2. The third-order valence-electron chi connectivity index (χ3n) is 5.19. The van der Waals surface area contributed by atoms with Gasteiger partial charge in [0.2, 0.25) is 0 Å². The second kappa shape index (κ2) is 9.67. The number of fused-ring (bicyclic) bond motifs is 1. The van der Waals surface area contributed by atoms with Crippen LogP contribution in [0.1, 0.15) is 0 Å². The Morgan fingerprint density at radius 1 is 0.605 bits per heavy atom. The number of aromatic hydroxyl groups is 1. The summed E-state index contributed by atoms with van der Waals surface area (Å²) in [5.41, 5.74) is 17.0. The van der Waals surface area contributed by atoms with Crippen molar-refractivity contribution in [3.8, 4) is 5.75 Å². The number of hydrogen-bond donors (Lipinski definition) is 6. The first-order chi connectivity index (χ1) is 17.8. The van der Waals surface area contributed by atoms with Crippen molar-refractivity contribution in [2.24, 2.45) is 20.5 Å². The van der Waals surface area contributed by atoms with Gasteiger partial charge in [0.25, 0.3) is 20.2 Å². The van der Waals surface area contributed by atoms with Crippen LogP contribution in [0.4, 0.5) is 39.8 Å². The first-order valence-corrected chi connectivity index (χ1v) is 13.3. The van der Waals surface area contributed by atoms with Crippen LogP contribution in [0, 0.1) is 0 Å². The van der Waals surface area contributed by atoms with Crippen LogP contribution in [-0.2, 0) is 20.2 Å². The zero-order chi connectivity index (χ0) is 27.8. The van der Waals surface area contributed by atoms with E-state index in [0.29, 0.717) is 11.4 Å². The maximum Gasteiger partial charge on any atom is 0.296 e. The first kappa shape index (κ1) is 26.4. The maximum atomic E-state index is 12.1. The summed E-state index contributed by atoms with van der Waals surface area (Å²) in [6.07, 6.45) is 0. The number of phenols is 1. The minimum absolute atomic E-state index is 0.229. The third-order valence-corrected chi connectivity index (χ3v) is 6.92. The van der Waals surface area contributed by atoms with Gasteiger partial charge in [0.05, 0.1) is 22.4 Å². The average molecular weight is 558 g/mol. The molecule has 0 radical (unpaired) electrons. The first-order valence-electron chi connectivity index (χ1n) is 10.4. The highest BCUT2D eigenvalue weighted by Crippen LogP contribution is 2.48. The summed E-state index contributed by atoms with van der Waals surface area (Å²) in [4.78, 5) is -1.74. The number of nitrogens with two attached hydrogens (primary N) is 3. The van der Waals surface area contributed by atoms with E-state index in [2.05, 4.69) is 20.5 Å². The number of nitrogens with zero attached hydrogens (tertiary/aromatic N) is 4. The fourth-order valence-electron chi connectivity index (χ4n) is 3.40. The van der Waals surface area contributed by atoms with Crippen molar-refractivity contribution in [3.05, 3.63) is 60.7 Å². The fraction of sp³-hybridized carbons (Fsp3) is 0. The van der Waals surface area contributed by atoms with Gasteiger partial charge in [-0.15, -0.1) is 10.2 Å². The van der Waals surface area contributed by atoms with Crippen molar-refractivity contribution in [1.29, 1.82) is 0 Å². The maximum absolute atomic E-state index is 12.1. The molecule has 0 saturated heterocycles. The van der Waals surface area contributed by atoms with E-state index < -0.39 is 52.8 Å². The molecule has 0 spiro atoms. The number of anilines is 3. The summed E-state index contributed by atoms with van der Waals surface area (Å²) in [7, 11) is -10.00. The summed E-state index contributed by atoms with van der Waals surface area (Å²) in [6.45, 7) is 0. The van der Waals surface area contributed by atoms with E-state index in [1.807, 2.05) is 0 Å². The van der Waals surface area contributed by atoms with Crippen LogP contribution >= 0.6 is 0 Å². The topological polar surface area (TPSA) is 256 Å². The number of hydrogen-bond acceptors (Lipinski definition) is 12. The van der Waals surface area contributed by atoms with Gasteiger partial charge in [-0.1, -0.05) is 0 Å². The van der Waals surface area contributed by atoms with Crippen molar-refractivity contribution < 1.29 is 31.0 Å². The molecule has 4 rings (SSSR count). The van der Waals surface area contributed by atoms with Crippen molar-refractivity contribution in [2.45, 2.75) is 9.79 Å². The zero-order valence-electron chi connectivity index (χ0n) is 19.1. The van der Waals surface area contributed by atoms with Gasteiger partial charge in [-0.2, -0.15) is 27.1 Å². The molecule has 38 heavy (non-hydrogen) atoms. The molecule has 0 aliphatic heterocycles. The second-order valence-corrected chi connectivity index (χ2v) is 10.6. The normalized spacial score (nSPS) is 12.6. The third kappa shape index (κ3) is 5.37. The van der Waals surface area contributed by atoms with Gasteiger partial charge >= 0.3 is 0 Å². The number of rotatable bonds is 6. The van der Waals surface area contributed by atoms with Gasteiger partial charge in [-0.3, -0.25) is 9.11 Å².